The fourth-order valence-corrected chi connectivity index (χ4v) is 2.59. The zero-order valence-electron chi connectivity index (χ0n) is 11.8. The molecule has 0 aliphatic carbocycles. The van der Waals surface area contributed by atoms with Crippen LogP contribution in [0.25, 0.3) is 0 Å². The van der Waals surface area contributed by atoms with Crippen molar-refractivity contribution in [2.24, 2.45) is 0 Å². The topological polar surface area (TPSA) is 63.5 Å². The lowest BCUT2D eigenvalue weighted by Crippen LogP contribution is -2.28. The molecule has 22 heavy (non-hydrogen) atoms. The predicted molar refractivity (Wildman–Crippen MR) is 83.5 cm³/mol. The molecular formula is C17H14N2O3. The Labute approximate surface area is 127 Å². The van der Waals surface area contributed by atoms with E-state index in [4.69, 9.17) is 0 Å². The molecule has 0 saturated carbocycles. The first-order valence-corrected chi connectivity index (χ1v) is 6.94. The van der Waals surface area contributed by atoms with Crippen molar-refractivity contribution >= 4 is 17.2 Å². The van der Waals surface area contributed by atoms with Crippen LogP contribution < -0.4 is 4.90 Å². The summed E-state index contributed by atoms with van der Waals surface area (Å²) < 4.78 is 0. The number of carbonyl (C=O) groups is 1. The summed E-state index contributed by atoms with van der Waals surface area (Å²) in [4.78, 5) is 24.1. The van der Waals surface area contributed by atoms with Crippen LogP contribution in [0.5, 0.6) is 0 Å². The Morgan fingerprint density at radius 2 is 1.73 bits per heavy atom. The molecule has 2 aromatic carbocycles. The van der Waals surface area contributed by atoms with Crippen LogP contribution in [-0.2, 0) is 4.79 Å². The first kappa shape index (κ1) is 14.0. The number of nitro groups is 1. The highest BCUT2D eigenvalue weighted by molar-refractivity contribution is 5.92. The smallest absolute Gasteiger partial charge is 0.269 e. The molecule has 3 rings (SSSR count). The molecule has 1 aliphatic rings. The van der Waals surface area contributed by atoms with Gasteiger partial charge >= 0.3 is 0 Å². The minimum absolute atomic E-state index is 0.0488. The van der Waals surface area contributed by atoms with Crippen LogP contribution in [0.3, 0.4) is 0 Å². The lowest BCUT2D eigenvalue weighted by atomic mass is 9.96. The average molecular weight is 294 g/mol. The van der Waals surface area contributed by atoms with Crippen molar-refractivity contribution in [3.05, 3.63) is 82.6 Å². The second-order valence-corrected chi connectivity index (χ2v) is 5.09. The number of rotatable bonds is 3. The van der Waals surface area contributed by atoms with Gasteiger partial charge in [0.2, 0.25) is 0 Å². The van der Waals surface area contributed by atoms with Crippen molar-refractivity contribution in [1.29, 1.82) is 0 Å². The summed E-state index contributed by atoms with van der Waals surface area (Å²) in [6, 6.07) is 16.0. The predicted octanol–water partition coefficient (Wildman–Crippen LogP) is 3.63. The number of anilines is 1. The van der Waals surface area contributed by atoms with Gasteiger partial charge in [-0.3, -0.25) is 14.9 Å². The summed E-state index contributed by atoms with van der Waals surface area (Å²) in [5.74, 6) is 0.0514. The van der Waals surface area contributed by atoms with Crippen LogP contribution in [0.15, 0.2) is 66.9 Å². The monoisotopic (exact) mass is 294 g/mol. The van der Waals surface area contributed by atoms with E-state index in [1.807, 2.05) is 35.2 Å². The molecule has 110 valence electrons. The van der Waals surface area contributed by atoms with E-state index < -0.39 is 4.92 Å². The van der Waals surface area contributed by atoms with Crippen LogP contribution in [-0.4, -0.2) is 10.7 Å². The fraction of sp³-hybridized carbons (Fsp3) is 0.118. The molecule has 2 aromatic rings. The number of carbonyl (C=O) groups excluding carboxylic acids is 1. The van der Waals surface area contributed by atoms with Crippen molar-refractivity contribution < 1.29 is 9.72 Å². The molecule has 0 bridgehead atoms. The van der Waals surface area contributed by atoms with E-state index >= 15 is 0 Å². The van der Waals surface area contributed by atoms with E-state index in [0.717, 1.165) is 11.3 Å². The summed E-state index contributed by atoms with van der Waals surface area (Å²) >= 11 is 0. The highest BCUT2D eigenvalue weighted by Crippen LogP contribution is 2.33. The zero-order valence-corrected chi connectivity index (χ0v) is 11.8. The van der Waals surface area contributed by atoms with Gasteiger partial charge in [0.05, 0.1) is 11.0 Å². The molecule has 0 amide bonds. The molecule has 0 radical (unpaired) electrons. The van der Waals surface area contributed by atoms with Crippen LogP contribution in [0.4, 0.5) is 11.4 Å². The van der Waals surface area contributed by atoms with Crippen molar-refractivity contribution in [2.45, 2.75) is 12.5 Å². The number of non-ortho nitro benzene ring substituents is 1. The minimum Gasteiger partial charge on any atom is -0.340 e. The molecule has 1 atom stereocenters. The third kappa shape index (κ3) is 2.74. The first-order chi connectivity index (χ1) is 10.6. The van der Waals surface area contributed by atoms with Gasteiger partial charge in [0, 0.05) is 30.4 Å². The summed E-state index contributed by atoms with van der Waals surface area (Å²) in [6.07, 6.45) is 3.69. The SMILES string of the molecule is O=C1C=CN(c2ccccc2)C(c2ccc([N+](=O)[O-])cc2)C1. The molecule has 0 aromatic heterocycles. The summed E-state index contributed by atoms with van der Waals surface area (Å²) in [7, 11) is 0. The van der Waals surface area contributed by atoms with E-state index in [1.54, 1.807) is 24.4 Å². The van der Waals surface area contributed by atoms with Gasteiger partial charge in [-0.05, 0) is 23.8 Å². The number of ketones is 1. The highest BCUT2D eigenvalue weighted by atomic mass is 16.6. The Balaban J connectivity index is 1.97. The van der Waals surface area contributed by atoms with E-state index in [9.17, 15) is 14.9 Å². The largest absolute Gasteiger partial charge is 0.340 e. The van der Waals surface area contributed by atoms with Gasteiger partial charge in [-0.1, -0.05) is 30.3 Å². The van der Waals surface area contributed by atoms with Gasteiger partial charge in [-0.2, -0.15) is 0 Å². The maximum atomic E-state index is 11.8. The Bertz CT molecular complexity index is 723. The summed E-state index contributed by atoms with van der Waals surface area (Å²) in [6.45, 7) is 0. The van der Waals surface area contributed by atoms with Gasteiger partial charge in [-0.25, -0.2) is 0 Å². The molecule has 0 saturated heterocycles. The molecule has 1 aliphatic heterocycles. The van der Waals surface area contributed by atoms with Gasteiger partial charge in [-0.15, -0.1) is 0 Å². The molecule has 5 heteroatoms. The lowest BCUT2D eigenvalue weighted by Gasteiger charge is -2.33. The van der Waals surface area contributed by atoms with Gasteiger partial charge < -0.3 is 4.90 Å². The van der Waals surface area contributed by atoms with Gasteiger partial charge in [0.1, 0.15) is 0 Å². The highest BCUT2D eigenvalue weighted by Gasteiger charge is 2.25. The molecule has 1 unspecified atom stereocenters. The van der Waals surface area contributed by atoms with Crippen LogP contribution in [0.2, 0.25) is 0 Å². The first-order valence-electron chi connectivity index (χ1n) is 6.94. The second-order valence-electron chi connectivity index (χ2n) is 5.09. The summed E-state index contributed by atoms with van der Waals surface area (Å²) in [5, 5.41) is 10.8. The van der Waals surface area contributed by atoms with Crippen molar-refractivity contribution in [3.63, 3.8) is 0 Å². The molecule has 1 heterocycles. The number of benzene rings is 2. The minimum atomic E-state index is -0.426. The Kier molecular flexibility index (Phi) is 3.70. The quantitative estimate of drug-likeness (QED) is 0.640. The van der Waals surface area contributed by atoms with Gasteiger partial charge in [0.15, 0.2) is 5.78 Å². The molecule has 0 fully saturated rings. The normalized spacial score (nSPS) is 17.5. The maximum absolute atomic E-state index is 11.8. The second kappa shape index (κ2) is 5.81. The third-order valence-electron chi connectivity index (χ3n) is 3.69. The Morgan fingerprint density at radius 1 is 1.05 bits per heavy atom. The average Bonchev–Trinajstić information content (AvgIpc) is 2.55. The van der Waals surface area contributed by atoms with Crippen LogP contribution >= 0.6 is 0 Å². The fourth-order valence-electron chi connectivity index (χ4n) is 2.59. The number of nitro benzene ring substituents is 1. The summed E-state index contributed by atoms with van der Waals surface area (Å²) in [5.41, 5.74) is 1.91. The molecular weight excluding hydrogens is 280 g/mol. The van der Waals surface area contributed by atoms with Crippen molar-refractivity contribution in [1.82, 2.24) is 0 Å². The zero-order chi connectivity index (χ0) is 15.5. The number of hydrogen-bond donors (Lipinski definition) is 0. The Morgan fingerprint density at radius 3 is 2.36 bits per heavy atom. The van der Waals surface area contributed by atoms with Crippen LogP contribution in [0.1, 0.15) is 18.0 Å². The molecule has 5 nitrogen and oxygen atoms in total. The standard InChI is InChI=1S/C17H14N2O3/c20-16-10-11-18(14-4-2-1-3-5-14)17(12-16)13-6-8-15(9-7-13)19(21)22/h1-11,17H,12H2. The van der Waals surface area contributed by atoms with Crippen molar-refractivity contribution in [3.8, 4) is 0 Å². The molecule has 0 spiro atoms. The van der Waals surface area contributed by atoms with E-state index in [0.29, 0.717) is 6.42 Å². The number of nitrogens with zero attached hydrogens (tertiary/aromatic N) is 2. The number of allylic oxidation sites excluding steroid dienone is 1. The maximum Gasteiger partial charge on any atom is 0.269 e. The van der Waals surface area contributed by atoms with Crippen LogP contribution in [0, 0.1) is 10.1 Å². The Hall–Kier alpha value is -2.95. The lowest BCUT2D eigenvalue weighted by molar-refractivity contribution is -0.384. The molecule has 0 N–H and O–H groups in total. The van der Waals surface area contributed by atoms with E-state index in [1.165, 1.54) is 12.1 Å². The van der Waals surface area contributed by atoms with Crippen molar-refractivity contribution in [2.75, 3.05) is 4.90 Å². The number of para-hydroxylation sites is 1. The third-order valence-corrected chi connectivity index (χ3v) is 3.69. The van der Waals surface area contributed by atoms with E-state index in [-0.39, 0.29) is 17.5 Å². The van der Waals surface area contributed by atoms with E-state index in [2.05, 4.69) is 0 Å². The number of hydrogen-bond acceptors (Lipinski definition) is 4. The van der Waals surface area contributed by atoms with Gasteiger partial charge in [0.25, 0.3) is 5.69 Å².